The summed E-state index contributed by atoms with van der Waals surface area (Å²) in [6.07, 6.45) is 1.86. The number of phenols is 2. The van der Waals surface area contributed by atoms with Crippen LogP contribution >= 0.6 is 0 Å². The van der Waals surface area contributed by atoms with E-state index in [1.165, 1.54) is 17.7 Å². The summed E-state index contributed by atoms with van der Waals surface area (Å²) in [5.41, 5.74) is 4.78. The number of ether oxygens (including phenoxy) is 1. The van der Waals surface area contributed by atoms with Crippen molar-refractivity contribution < 1.29 is 30.0 Å². The van der Waals surface area contributed by atoms with Crippen molar-refractivity contribution in [3.05, 3.63) is 135 Å². The van der Waals surface area contributed by atoms with E-state index in [-0.39, 0.29) is 23.2 Å². The number of carboxylic acid groups (broad SMARTS) is 1. The second-order valence-corrected chi connectivity index (χ2v) is 12.4. The Kier molecular flexibility index (Phi) is 11.7. The maximum atomic E-state index is 11.7. The molecule has 1 atom stereocenters. The summed E-state index contributed by atoms with van der Waals surface area (Å²) in [5, 5.41) is 42.7. The Bertz CT molecular complexity index is 1890. The summed E-state index contributed by atoms with van der Waals surface area (Å²) in [4.78, 5) is 25.0. The fourth-order valence-corrected chi connectivity index (χ4v) is 6.58. The van der Waals surface area contributed by atoms with Crippen molar-refractivity contribution in [3.8, 4) is 17.2 Å². The number of aliphatic hydroxyl groups excluding tert-OH is 1. The van der Waals surface area contributed by atoms with E-state index < -0.39 is 6.10 Å². The number of aromatic nitrogens is 1. The molecule has 10 heteroatoms. The van der Waals surface area contributed by atoms with E-state index in [1.54, 1.807) is 18.2 Å². The first-order valence-electron chi connectivity index (χ1n) is 16.3. The van der Waals surface area contributed by atoms with Gasteiger partial charge in [-0.05, 0) is 105 Å². The van der Waals surface area contributed by atoms with E-state index in [0.29, 0.717) is 41.9 Å². The highest BCUT2D eigenvalue weighted by Crippen LogP contribution is 2.45. The van der Waals surface area contributed by atoms with Gasteiger partial charge >= 0.3 is 0 Å². The Morgan fingerprint density at radius 2 is 1.59 bits per heavy atom. The summed E-state index contributed by atoms with van der Waals surface area (Å²) in [6, 6.07) is 30.6. The van der Waals surface area contributed by atoms with Crippen molar-refractivity contribution >= 4 is 17.4 Å². The molecule has 4 aromatic carbocycles. The number of benzene rings is 4. The number of piperidine rings is 1. The molecule has 256 valence electrons. The molecule has 1 saturated heterocycles. The molecule has 5 aromatic rings. The summed E-state index contributed by atoms with van der Waals surface area (Å²) in [7, 11) is 2.15. The largest absolute Gasteiger partial charge is 0.508 e. The van der Waals surface area contributed by atoms with Gasteiger partial charge in [-0.25, -0.2) is 0 Å². The fourth-order valence-electron chi connectivity index (χ4n) is 6.58. The zero-order valence-corrected chi connectivity index (χ0v) is 27.5. The number of aromatic amines is 1. The lowest BCUT2D eigenvalue weighted by Crippen LogP contribution is -2.41. The molecule has 1 fully saturated rings. The van der Waals surface area contributed by atoms with E-state index in [2.05, 4.69) is 52.6 Å². The van der Waals surface area contributed by atoms with Crippen molar-refractivity contribution in [1.29, 1.82) is 0 Å². The minimum Gasteiger partial charge on any atom is -0.508 e. The second kappa shape index (κ2) is 16.3. The number of nitrogens with one attached hydrogen (secondary N) is 2. The van der Waals surface area contributed by atoms with Gasteiger partial charge in [-0.1, -0.05) is 54.6 Å². The number of aromatic hydroxyl groups is 2. The third-order valence-electron chi connectivity index (χ3n) is 9.27. The molecule has 0 aliphatic carbocycles. The molecule has 2 heterocycles. The number of rotatable bonds is 11. The lowest BCUT2D eigenvalue weighted by atomic mass is 9.67. The number of likely N-dealkylation sites (tertiary alicyclic amines) is 1. The molecule has 1 aliphatic rings. The van der Waals surface area contributed by atoms with Crippen molar-refractivity contribution in [2.45, 2.75) is 37.4 Å². The third-order valence-corrected chi connectivity index (χ3v) is 9.27. The van der Waals surface area contributed by atoms with Gasteiger partial charge in [0, 0.05) is 29.0 Å². The van der Waals surface area contributed by atoms with Gasteiger partial charge in [0.15, 0.2) is 0 Å². The predicted molar refractivity (Wildman–Crippen MR) is 189 cm³/mol. The summed E-state index contributed by atoms with van der Waals surface area (Å²) in [6.45, 7) is 3.08. The normalized spacial score (nSPS) is 14.8. The van der Waals surface area contributed by atoms with Gasteiger partial charge in [-0.15, -0.1) is 0 Å². The predicted octanol–water partition coefficient (Wildman–Crippen LogP) is 5.10. The molecular weight excluding hydrogens is 622 g/mol. The Hall–Kier alpha value is -5.16. The molecule has 0 unspecified atom stereocenters. The first kappa shape index (κ1) is 35.2. The van der Waals surface area contributed by atoms with Crippen LogP contribution in [0.4, 0.5) is 0 Å². The number of aliphatic hydroxyl groups is 1. The number of H-pyrrole nitrogens is 1. The van der Waals surface area contributed by atoms with Crippen LogP contribution in [0.25, 0.3) is 10.9 Å². The lowest BCUT2D eigenvalue weighted by molar-refractivity contribution is -0.122. The van der Waals surface area contributed by atoms with Crippen molar-refractivity contribution in [2.24, 2.45) is 0 Å². The van der Waals surface area contributed by atoms with Gasteiger partial charge in [-0.3, -0.25) is 9.59 Å². The Morgan fingerprint density at radius 3 is 2.31 bits per heavy atom. The average Bonchev–Trinajstić information content (AvgIpc) is 3.12. The van der Waals surface area contributed by atoms with E-state index >= 15 is 0 Å². The van der Waals surface area contributed by atoms with Crippen LogP contribution in [-0.4, -0.2) is 70.0 Å². The molecule has 0 spiro atoms. The quantitative estimate of drug-likeness (QED) is 0.0836. The molecule has 10 nitrogen and oxygen atoms in total. The lowest BCUT2D eigenvalue weighted by Gasteiger charge is -2.42. The topological polar surface area (TPSA) is 155 Å². The van der Waals surface area contributed by atoms with Crippen LogP contribution in [0.1, 0.15) is 46.8 Å². The highest BCUT2D eigenvalue weighted by Gasteiger charge is 2.39. The number of pyridine rings is 1. The summed E-state index contributed by atoms with van der Waals surface area (Å²) >= 11 is 0. The van der Waals surface area contributed by atoms with Crippen molar-refractivity contribution in [2.75, 3.05) is 33.2 Å². The highest BCUT2D eigenvalue weighted by atomic mass is 16.5. The smallest absolute Gasteiger partial charge is 0.290 e. The molecule has 0 amide bonds. The van der Waals surface area contributed by atoms with Crippen LogP contribution in [0.3, 0.4) is 0 Å². The summed E-state index contributed by atoms with van der Waals surface area (Å²) in [5.74, 6) is 1.08. The first-order valence-corrected chi connectivity index (χ1v) is 16.3. The van der Waals surface area contributed by atoms with E-state index in [9.17, 15) is 20.1 Å². The van der Waals surface area contributed by atoms with E-state index in [4.69, 9.17) is 14.6 Å². The maximum absolute atomic E-state index is 11.7. The molecule has 6 N–H and O–H groups in total. The average molecular weight is 666 g/mol. The molecule has 0 bridgehead atoms. The molecule has 49 heavy (non-hydrogen) atoms. The van der Waals surface area contributed by atoms with Crippen LogP contribution < -0.4 is 15.6 Å². The van der Waals surface area contributed by atoms with E-state index in [0.717, 1.165) is 54.8 Å². The highest BCUT2D eigenvalue weighted by molar-refractivity contribution is 5.87. The van der Waals surface area contributed by atoms with Gasteiger partial charge in [0.2, 0.25) is 5.56 Å². The number of nitrogens with zero attached hydrogens (tertiary/aromatic N) is 1. The Balaban J connectivity index is 0.00000151. The molecule has 0 saturated carbocycles. The standard InChI is InChI=1S/C38H41N3O5.CH2O2/c1-41-21-18-38(19-22-41,28-5-3-2-4-6-28)32-23-27(9-14-33(32)42)25-46-29-10-7-26(8-11-29)17-20-39-24-35(44)30-12-15-34(43)37-31(30)13-16-36(45)40-37;2-1-3/h2-16,23,35,39,42-44H,17-22,24-25H2,1H3,(H,40,45);1H,(H,2,3)/t35-;/m0./s1. The Morgan fingerprint density at radius 1 is 0.918 bits per heavy atom. The number of phenolic OH excluding ortho intramolecular Hbond substituents is 2. The number of carbonyl (C=O) groups is 1. The molecule has 1 aromatic heterocycles. The number of fused-ring (bicyclic) bond motifs is 1. The molecule has 0 radical (unpaired) electrons. The summed E-state index contributed by atoms with van der Waals surface area (Å²) < 4.78 is 6.16. The number of hydrogen-bond acceptors (Lipinski definition) is 8. The first-order chi connectivity index (χ1) is 23.7. The van der Waals surface area contributed by atoms with E-state index in [1.807, 2.05) is 36.4 Å². The van der Waals surface area contributed by atoms with Crippen molar-refractivity contribution in [3.63, 3.8) is 0 Å². The third kappa shape index (κ3) is 8.47. The number of hydrogen-bond donors (Lipinski definition) is 6. The van der Waals surface area contributed by atoms with Gasteiger partial charge in [0.25, 0.3) is 6.47 Å². The van der Waals surface area contributed by atoms with Crippen LogP contribution in [0.15, 0.2) is 102 Å². The zero-order valence-electron chi connectivity index (χ0n) is 27.5. The van der Waals surface area contributed by atoms with Gasteiger partial charge < -0.3 is 40.4 Å². The van der Waals surface area contributed by atoms with Gasteiger partial charge in [0.1, 0.15) is 23.9 Å². The second-order valence-electron chi connectivity index (χ2n) is 12.4. The maximum Gasteiger partial charge on any atom is 0.290 e. The van der Waals surface area contributed by atoms with Gasteiger partial charge in [0.05, 0.1) is 11.6 Å². The molecule has 6 rings (SSSR count). The zero-order chi connectivity index (χ0) is 34.8. The Labute approximate surface area is 285 Å². The molecule has 1 aliphatic heterocycles. The van der Waals surface area contributed by atoms with Crippen LogP contribution in [0, 0.1) is 0 Å². The monoisotopic (exact) mass is 665 g/mol. The van der Waals surface area contributed by atoms with Crippen LogP contribution in [0.5, 0.6) is 17.2 Å². The minimum absolute atomic E-state index is 0.0269. The van der Waals surface area contributed by atoms with Gasteiger partial charge in [-0.2, -0.15) is 0 Å². The van der Waals surface area contributed by atoms with Crippen LogP contribution in [0.2, 0.25) is 0 Å². The molecular formula is C39H43N3O7. The minimum atomic E-state index is -0.799. The van der Waals surface area contributed by atoms with Crippen LogP contribution in [-0.2, 0) is 23.2 Å². The SMILES string of the molecule is CN1CCC(c2ccccc2)(c2cc(COc3ccc(CCNC[C@H](O)c4ccc(O)c5[nH]c(=O)ccc45)cc3)ccc2O)CC1.O=CO. The van der Waals surface area contributed by atoms with Crippen molar-refractivity contribution in [1.82, 2.24) is 15.2 Å². The fraction of sp³-hybridized carbons (Fsp3) is 0.282.